The van der Waals surface area contributed by atoms with Crippen LogP contribution < -0.4 is 0 Å². The Balaban J connectivity index is -0.000000439. The summed E-state index contributed by atoms with van der Waals surface area (Å²) >= 11 is 0. The second kappa shape index (κ2) is 18.4. The van der Waals surface area contributed by atoms with E-state index in [-0.39, 0.29) is 0 Å². The summed E-state index contributed by atoms with van der Waals surface area (Å²) in [4.78, 5) is 0. The molecule has 0 bridgehead atoms. The Bertz CT molecular complexity index is 105. The SMILES string of the molecule is CC.CC.CCCCC(C)C(C)CCC(C)C. The second-order valence-corrected chi connectivity index (χ2v) is 5.07. The van der Waals surface area contributed by atoms with E-state index < -0.39 is 0 Å². The van der Waals surface area contributed by atoms with Gasteiger partial charge in [-0.3, -0.25) is 0 Å². The van der Waals surface area contributed by atoms with Gasteiger partial charge in [-0.25, -0.2) is 0 Å². The molecule has 108 valence electrons. The predicted octanol–water partition coefficient (Wildman–Crippen LogP) is 6.94. The van der Waals surface area contributed by atoms with Gasteiger partial charge in [0, 0.05) is 0 Å². The van der Waals surface area contributed by atoms with Crippen molar-refractivity contribution in [3.63, 3.8) is 0 Å². The lowest BCUT2D eigenvalue weighted by Gasteiger charge is -2.20. The molecule has 0 aliphatic carbocycles. The lowest BCUT2D eigenvalue weighted by molar-refractivity contribution is 0.315. The third-order valence-electron chi connectivity index (χ3n) is 3.18. The van der Waals surface area contributed by atoms with E-state index in [4.69, 9.17) is 0 Å². The van der Waals surface area contributed by atoms with Crippen LogP contribution in [0.1, 0.15) is 94.4 Å². The fourth-order valence-electron chi connectivity index (χ4n) is 1.69. The van der Waals surface area contributed by atoms with E-state index in [2.05, 4.69) is 34.6 Å². The molecule has 0 aliphatic heterocycles. The molecule has 0 heterocycles. The zero-order valence-electron chi connectivity index (χ0n) is 14.3. The van der Waals surface area contributed by atoms with Crippen molar-refractivity contribution in [3.8, 4) is 0 Å². The van der Waals surface area contributed by atoms with Crippen LogP contribution >= 0.6 is 0 Å². The van der Waals surface area contributed by atoms with Crippen molar-refractivity contribution in [1.82, 2.24) is 0 Å². The number of rotatable bonds is 7. The van der Waals surface area contributed by atoms with Gasteiger partial charge in [-0.15, -0.1) is 0 Å². The maximum atomic E-state index is 2.42. The van der Waals surface area contributed by atoms with Crippen molar-refractivity contribution in [2.75, 3.05) is 0 Å². The monoisotopic (exact) mass is 244 g/mol. The highest BCUT2D eigenvalue weighted by Gasteiger charge is 2.11. The van der Waals surface area contributed by atoms with Crippen molar-refractivity contribution in [2.24, 2.45) is 17.8 Å². The Morgan fingerprint density at radius 3 is 1.41 bits per heavy atom. The molecule has 2 unspecified atom stereocenters. The van der Waals surface area contributed by atoms with Crippen LogP contribution in [0.4, 0.5) is 0 Å². The summed E-state index contributed by atoms with van der Waals surface area (Å²) in [5.41, 5.74) is 0. The zero-order chi connectivity index (χ0) is 14.3. The zero-order valence-corrected chi connectivity index (χ0v) is 14.3. The number of unbranched alkanes of at least 4 members (excludes halogenated alkanes) is 1. The van der Waals surface area contributed by atoms with Gasteiger partial charge in [0.1, 0.15) is 0 Å². The second-order valence-electron chi connectivity index (χ2n) is 5.07. The van der Waals surface area contributed by atoms with Crippen molar-refractivity contribution in [3.05, 3.63) is 0 Å². The van der Waals surface area contributed by atoms with Crippen LogP contribution in [-0.4, -0.2) is 0 Å². The molecular weight excluding hydrogens is 204 g/mol. The minimum absolute atomic E-state index is 0.876. The van der Waals surface area contributed by atoms with Crippen LogP contribution in [0.2, 0.25) is 0 Å². The first-order valence-corrected chi connectivity index (χ1v) is 8.07. The third-order valence-corrected chi connectivity index (χ3v) is 3.18. The first-order chi connectivity index (χ1) is 8.07. The van der Waals surface area contributed by atoms with E-state index in [1.54, 1.807) is 0 Å². The van der Waals surface area contributed by atoms with Crippen molar-refractivity contribution >= 4 is 0 Å². The van der Waals surface area contributed by atoms with Crippen LogP contribution in [0.15, 0.2) is 0 Å². The molecule has 0 nitrogen and oxygen atoms in total. The minimum atomic E-state index is 0.876. The molecule has 0 aromatic heterocycles. The normalized spacial score (nSPS) is 13.1. The first kappa shape index (κ1) is 22.2. The van der Waals surface area contributed by atoms with Crippen LogP contribution in [0.25, 0.3) is 0 Å². The Morgan fingerprint density at radius 1 is 0.647 bits per heavy atom. The molecule has 0 aromatic rings. The molecule has 0 saturated heterocycles. The van der Waals surface area contributed by atoms with Gasteiger partial charge in [0.2, 0.25) is 0 Å². The minimum Gasteiger partial charge on any atom is -0.0683 e. The third kappa shape index (κ3) is 18.6. The molecule has 0 amide bonds. The van der Waals surface area contributed by atoms with Gasteiger partial charge in [0.05, 0.1) is 0 Å². The maximum Gasteiger partial charge on any atom is -0.0417 e. The average molecular weight is 245 g/mol. The van der Waals surface area contributed by atoms with E-state index in [1.807, 2.05) is 27.7 Å². The predicted molar refractivity (Wildman–Crippen MR) is 84.6 cm³/mol. The van der Waals surface area contributed by atoms with Crippen LogP contribution in [0.3, 0.4) is 0 Å². The molecule has 0 saturated carbocycles. The van der Waals surface area contributed by atoms with E-state index >= 15 is 0 Å². The topological polar surface area (TPSA) is 0 Å². The van der Waals surface area contributed by atoms with Gasteiger partial charge in [-0.05, 0) is 17.8 Å². The molecule has 0 fully saturated rings. The summed E-state index contributed by atoms with van der Waals surface area (Å²) in [7, 11) is 0. The molecule has 0 radical (unpaired) electrons. The van der Waals surface area contributed by atoms with Gasteiger partial charge in [-0.2, -0.15) is 0 Å². The van der Waals surface area contributed by atoms with Gasteiger partial charge in [-0.1, -0.05) is 94.4 Å². The van der Waals surface area contributed by atoms with Gasteiger partial charge >= 0.3 is 0 Å². The summed E-state index contributed by atoms with van der Waals surface area (Å²) < 4.78 is 0. The Kier molecular flexibility index (Phi) is 24.0. The molecule has 17 heavy (non-hydrogen) atoms. The van der Waals surface area contributed by atoms with E-state index in [0.717, 1.165) is 17.8 Å². The highest BCUT2D eigenvalue weighted by atomic mass is 14.2. The highest BCUT2D eigenvalue weighted by Crippen LogP contribution is 2.23. The summed E-state index contributed by atoms with van der Waals surface area (Å²) in [5.74, 6) is 2.73. The summed E-state index contributed by atoms with van der Waals surface area (Å²) in [6, 6.07) is 0. The molecule has 0 aliphatic rings. The summed E-state index contributed by atoms with van der Waals surface area (Å²) in [6.45, 7) is 19.8. The van der Waals surface area contributed by atoms with Gasteiger partial charge in [0.25, 0.3) is 0 Å². The fourth-order valence-corrected chi connectivity index (χ4v) is 1.69. The lowest BCUT2D eigenvalue weighted by Crippen LogP contribution is -2.09. The van der Waals surface area contributed by atoms with Crippen LogP contribution in [-0.2, 0) is 0 Å². The standard InChI is InChI=1S/C13H28.2C2H6/c1-6-7-8-12(4)13(5)10-9-11(2)3;2*1-2/h11-13H,6-10H2,1-5H3;2*1-2H3. The smallest absolute Gasteiger partial charge is 0.0417 e. The summed E-state index contributed by atoms with van der Waals surface area (Å²) in [5, 5.41) is 0. The van der Waals surface area contributed by atoms with Gasteiger partial charge in [0.15, 0.2) is 0 Å². The quantitative estimate of drug-likeness (QED) is 0.455. The Hall–Kier alpha value is 0. The molecule has 0 spiro atoms. The first-order valence-electron chi connectivity index (χ1n) is 8.07. The van der Waals surface area contributed by atoms with E-state index in [0.29, 0.717) is 0 Å². The van der Waals surface area contributed by atoms with Gasteiger partial charge < -0.3 is 0 Å². The number of hydrogen-bond donors (Lipinski definition) is 0. The summed E-state index contributed by atoms with van der Waals surface area (Å²) in [6.07, 6.45) is 7.00. The molecule has 0 heteroatoms. The fraction of sp³-hybridized carbons (Fsp3) is 1.00. The van der Waals surface area contributed by atoms with Crippen molar-refractivity contribution < 1.29 is 0 Å². The van der Waals surface area contributed by atoms with E-state index in [9.17, 15) is 0 Å². The lowest BCUT2D eigenvalue weighted by atomic mass is 9.86. The Labute approximate surface area is 113 Å². The molecule has 0 aromatic carbocycles. The largest absolute Gasteiger partial charge is 0.0683 e. The van der Waals surface area contributed by atoms with Crippen LogP contribution in [0, 0.1) is 17.8 Å². The maximum absolute atomic E-state index is 2.42. The van der Waals surface area contributed by atoms with E-state index in [1.165, 1.54) is 32.1 Å². The average Bonchev–Trinajstić information content (AvgIpc) is 2.37. The van der Waals surface area contributed by atoms with Crippen molar-refractivity contribution in [2.45, 2.75) is 94.4 Å². The molecule has 2 atom stereocenters. The molecule has 0 N–H and O–H groups in total. The molecular formula is C17H40. The van der Waals surface area contributed by atoms with Crippen LogP contribution in [0.5, 0.6) is 0 Å². The molecule has 0 rings (SSSR count). The Morgan fingerprint density at radius 2 is 1.06 bits per heavy atom. The number of hydrogen-bond acceptors (Lipinski definition) is 0. The van der Waals surface area contributed by atoms with Crippen molar-refractivity contribution in [1.29, 1.82) is 0 Å². The highest BCUT2D eigenvalue weighted by molar-refractivity contribution is 4.63.